The molecular formula is C19H26F3N5O4S. The van der Waals surface area contributed by atoms with E-state index in [1.165, 1.54) is 0 Å². The Labute approximate surface area is 184 Å². The van der Waals surface area contributed by atoms with Crippen LogP contribution in [0.2, 0.25) is 0 Å². The molecule has 2 amide bonds. The van der Waals surface area contributed by atoms with Gasteiger partial charge in [-0.2, -0.15) is 18.3 Å². The van der Waals surface area contributed by atoms with Gasteiger partial charge in [0.25, 0.3) is 15.9 Å². The van der Waals surface area contributed by atoms with Crippen LogP contribution in [0.4, 0.5) is 19.0 Å². The minimum atomic E-state index is -4.58. The summed E-state index contributed by atoms with van der Waals surface area (Å²) in [6.07, 6.45) is 1.69. The molecule has 178 valence electrons. The number of carbonyl (C=O) groups is 2. The molecule has 1 aliphatic carbocycles. The highest BCUT2D eigenvalue weighted by atomic mass is 32.2. The monoisotopic (exact) mass is 477 g/mol. The molecule has 13 heteroatoms. The number of sulfonamides is 1. The average Bonchev–Trinajstić information content (AvgIpc) is 3.07. The van der Waals surface area contributed by atoms with Crippen molar-refractivity contribution >= 4 is 27.7 Å². The molecule has 0 saturated heterocycles. The summed E-state index contributed by atoms with van der Waals surface area (Å²) in [4.78, 5) is 23.6. The molecule has 1 aliphatic rings. The first-order valence-electron chi connectivity index (χ1n) is 9.92. The van der Waals surface area contributed by atoms with Crippen LogP contribution in [0.25, 0.3) is 0 Å². The predicted molar refractivity (Wildman–Crippen MR) is 112 cm³/mol. The highest BCUT2D eigenvalue weighted by Gasteiger charge is 2.29. The summed E-state index contributed by atoms with van der Waals surface area (Å²) in [6.45, 7) is 1.56. The number of amides is 2. The van der Waals surface area contributed by atoms with Crippen LogP contribution in [0, 0.1) is 0 Å². The van der Waals surface area contributed by atoms with Crippen molar-refractivity contribution in [2.75, 3.05) is 4.72 Å². The zero-order valence-electron chi connectivity index (χ0n) is 17.7. The van der Waals surface area contributed by atoms with Gasteiger partial charge in [0.2, 0.25) is 5.91 Å². The van der Waals surface area contributed by atoms with E-state index in [0.717, 1.165) is 62.8 Å². The molecule has 0 bridgehead atoms. The van der Waals surface area contributed by atoms with Crippen LogP contribution in [0.5, 0.6) is 0 Å². The lowest BCUT2D eigenvalue weighted by molar-refractivity contribution is -0.122. The smallest absolute Gasteiger partial charge is 0.364 e. The molecule has 0 spiro atoms. The first-order chi connectivity index (χ1) is 14.8. The lowest BCUT2D eigenvalue weighted by atomic mass is 9.95. The Balaban J connectivity index is 2.16. The fourth-order valence-corrected chi connectivity index (χ4v) is 3.87. The second kappa shape index (κ2) is 10.2. The van der Waals surface area contributed by atoms with E-state index in [2.05, 4.69) is 15.1 Å². The van der Waals surface area contributed by atoms with Crippen LogP contribution in [-0.4, -0.2) is 42.2 Å². The normalized spacial score (nSPS) is 16.7. The van der Waals surface area contributed by atoms with Gasteiger partial charge in [0.05, 0.1) is 4.91 Å². The number of alkyl halides is 3. The zero-order valence-corrected chi connectivity index (χ0v) is 18.5. The van der Waals surface area contributed by atoms with Crippen LogP contribution in [0.15, 0.2) is 28.7 Å². The Hall–Kier alpha value is -2.83. The molecule has 4 N–H and O–H groups in total. The third kappa shape index (κ3) is 7.11. The summed E-state index contributed by atoms with van der Waals surface area (Å²) < 4.78 is 65.6. The van der Waals surface area contributed by atoms with Crippen LogP contribution in [0.3, 0.4) is 0 Å². The Kier molecular flexibility index (Phi) is 8.10. The second-order valence-electron chi connectivity index (χ2n) is 7.57. The first-order valence-corrected chi connectivity index (χ1v) is 11.4. The lowest BCUT2D eigenvalue weighted by Crippen LogP contribution is -2.38. The van der Waals surface area contributed by atoms with E-state index >= 15 is 0 Å². The maximum atomic E-state index is 12.6. The lowest BCUT2D eigenvalue weighted by Gasteiger charge is -2.22. The summed E-state index contributed by atoms with van der Waals surface area (Å²) in [6, 6.07) is 1.08. The third-order valence-corrected chi connectivity index (χ3v) is 6.44. The van der Waals surface area contributed by atoms with Crippen molar-refractivity contribution in [2.45, 2.75) is 64.7 Å². The van der Waals surface area contributed by atoms with Gasteiger partial charge in [0, 0.05) is 17.7 Å². The fourth-order valence-electron chi connectivity index (χ4n) is 3.09. The number of anilines is 1. The van der Waals surface area contributed by atoms with Crippen molar-refractivity contribution in [3.8, 4) is 0 Å². The van der Waals surface area contributed by atoms with Gasteiger partial charge in [-0.25, -0.2) is 13.1 Å². The van der Waals surface area contributed by atoms with E-state index in [0.29, 0.717) is 6.08 Å². The van der Waals surface area contributed by atoms with Crippen LogP contribution in [0.1, 0.15) is 56.4 Å². The molecule has 9 nitrogen and oxygen atoms in total. The molecule has 1 heterocycles. The molecule has 1 fully saturated rings. The van der Waals surface area contributed by atoms with Crippen molar-refractivity contribution in [1.29, 1.82) is 0 Å². The Bertz CT molecular complexity index is 1020. The molecule has 0 aliphatic heterocycles. The minimum absolute atomic E-state index is 0.0304. The number of nitrogens with one attached hydrogen (secondary N) is 2. The number of aromatic nitrogens is 2. The fraction of sp³-hybridized carbons (Fsp3) is 0.526. The van der Waals surface area contributed by atoms with Crippen molar-refractivity contribution in [1.82, 2.24) is 15.1 Å². The number of primary amides is 1. The molecule has 1 aromatic rings. The van der Waals surface area contributed by atoms with E-state index < -0.39 is 38.5 Å². The summed E-state index contributed by atoms with van der Waals surface area (Å²) in [5, 5.41) is 6.76. The number of nitrogens with zero attached hydrogens (tertiary/aromatic N) is 2. The predicted octanol–water partition coefficient (Wildman–Crippen LogP) is 2.58. The number of rotatable bonds is 8. The number of carbonyl (C=O) groups excluding carboxylic acids is 2. The van der Waals surface area contributed by atoms with Crippen molar-refractivity contribution in [3.63, 3.8) is 0 Å². The number of nitrogens with two attached hydrogens (primary N) is 1. The molecule has 0 unspecified atom stereocenters. The maximum absolute atomic E-state index is 12.6. The Morgan fingerprint density at radius 3 is 2.41 bits per heavy atom. The third-order valence-electron chi connectivity index (χ3n) is 4.97. The summed E-state index contributed by atoms with van der Waals surface area (Å²) in [5.74, 6) is -1.63. The van der Waals surface area contributed by atoms with Gasteiger partial charge in [-0.15, -0.1) is 0 Å². The zero-order chi connectivity index (χ0) is 24.1. The summed E-state index contributed by atoms with van der Waals surface area (Å²) >= 11 is 0. The summed E-state index contributed by atoms with van der Waals surface area (Å²) in [7, 11) is -4.26. The maximum Gasteiger partial charge on any atom is 0.412 e. The standard InChI is InChI=1S/C19H26F3N5O4S/c1-12(19(20,21)22)8-9-13(2)32(30,31)26-16-10-15(18(23)29)27(25-16)11-17(28)24-14-6-4-3-5-7-14/h8-10,14H,3-7,11H2,1-2H3,(H2,23,29)(H,24,28)(H,25,26)/b12-8+,13-9+. The highest BCUT2D eigenvalue weighted by molar-refractivity contribution is 7.96. The molecule has 0 aromatic carbocycles. The van der Waals surface area contributed by atoms with Crippen LogP contribution in [-0.2, 0) is 21.4 Å². The minimum Gasteiger partial charge on any atom is -0.364 e. The molecule has 32 heavy (non-hydrogen) atoms. The molecule has 2 rings (SSSR count). The molecule has 0 atom stereocenters. The molecular weight excluding hydrogens is 451 g/mol. The van der Waals surface area contributed by atoms with Gasteiger partial charge >= 0.3 is 6.18 Å². The van der Waals surface area contributed by atoms with Crippen molar-refractivity contribution in [2.24, 2.45) is 5.73 Å². The van der Waals surface area contributed by atoms with E-state index in [1.54, 1.807) is 0 Å². The Morgan fingerprint density at radius 1 is 1.22 bits per heavy atom. The van der Waals surface area contributed by atoms with E-state index in [1.807, 2.05) is 0 Å². The SMILES string of the molecule is C/C(=C\C=C(/C)S(=O)(=O)Nc1cc(C(N)=O)n(CC(=O)NC2CCCCC2)n1)C(F)(F)F. The molecule has 1 saturated carbocycles. The highest BCUT2D eigenvalue weighted by Crippen LogP contribution is 2.25. The van der Waals surface area contributed by atoms with E-state index in [-0.39, 0.29) is 24.1 Å². The van der Waals surface area contributed by atoms with Crippen molar-refractivity contribution in [3.05, 3.63) is 34.4 Å². The second-order valence-corrected chi connectivity index (χ2v) is 9.42. The van der Waals surface area contributed by atoms with Gasteiger partial charge in [0.1, 0.15) is 12.2 Å². The number of hydrogen-bond donors (Lipinski definition) is 3. The average molecular weight is 478 g/mol. The van der Waals surface area contributed by atoms with Gasteiger partial charge < -0.3 is 11.1 Å². The Morgan fingerprint density at radius 2 is 1.84 bits per heavy atom. The largest absolute Gasteiger partial charge is 0.412 e. The van der Waals surface area contributed by atoms with E-state index in [4.69, 9.17) is 5.73 Å². The van der Waals surface area contributed by atoms with Gasteiger partial charge in [-0.1, -0.05) is 25.3 Å². The van der Waals surface area contributed by atoms with Gasteiger partial charge in [-0.05, 0) is 32.8 Å². The quantitative estimate of drug-likeness (QED) is 0.495. The topological polar surface area (TPSA) is 136 Å². The number of halogens is 3. The van der Waals surface area contributed by atoms with Gasteiger partial charge in [-0.3, -0.25) is 14.3 Å². The van der Waals surface area contributed by atoms with Crippen molar-refractivity contribution < 1.29 is 31.2 Å². The van der Waals surface area contributed by atoms with Crippen LogP contribution >= 0.6 is 0 Å². The molecule has 1 aromatic heterocycles. The first kappa shape index (κ1) is 25.4. The summed E-state index contributed by atoms with van der Waals surface area (Å²) in [5.41, 5.74) is 4.12. The van der Waals surface area contributed by atoms with E-state index in [9.17, 15) is 31.2 Å². The number of hydrogen-bond acceptors (Lipinski definition) is 5. The van der Waals surface area contributed by atoms with Crippen LogP contribution < -0.4 is 15.8 Å². The number of allylic oxidation sites excluding steroid dienone is 4. The van der Waals surface area contributed by atoms with Gasteiger partial charge in [0.15, 0.2) is 5.82 Å². The molecule has 0 radical (unpaired) electrons.